The van der Waals surface area contributed by atoms with Crippen LogP contribution in [0.5, 0.6) is 0 Å². The van der Waals surface area contributed by atoms with Gasteiger partial charge in [-0.05, 0) is 48.9 Å². The van der Waals surface area contributed by atoms with E-state index in [1.165, 1.54) is 24.3 Å². The minimum atomic E-state index is -0.388. The molecule has 0 radical (unpaired) electrons. The second-order valence-electron chi connectivity index (χ2n) is 6.68. The van der Waals surface area contributed by atoms with Crippen LogP contribution in [0.15, 0.2) is 42.5 Å². The molecule has 1 heterocycles. The molecule has 2 N–H and O–H groups in total. The highest BCUT2D eigenvalue weighted by Crippen LogP contribution is 2.30. The van der Waals surface area contributed by atoms with E-state index in [2.05, 4.69) is 15.5 Å². The lowest BCUT2D eigenvalue weighted by Gasteiger charge is -2.29. The van der Waals surface area contributed by atoms with E-state index >= 15 is 0 Å². The first-order valence-electron chi connectivity index (χ1n) is 9.49. The summed E-state index contributed by atoms with van der Waals surface area (Å²) in [5.41, 5.74) is 2.04. The summed E-state index contributed by atoms with van der Waals surface area (Å²) < 4.78 is 12.9. The molecule has 1 aliphatic rings. The van der Waals surface area contributed by atoms with Crippen LogP contribution in [-0.4, -0.2) is 43.0 Å². The molecule has 1 saturated heterocycles. The highest BCUT2D eigenvalue weighted by molar-refractivity contribution is 7.99. The van der Waals surface area contributed by atoms with Gasteiger partial charge in [-0.15, -0.1) is 0 Å². The van der Waals surface area contributed by atoms with Gasteiger partial charge in [0.05, 0.1) is 10.7 Å². The van der Waals surface area contributed by atoms with Crippen molar-refractivity contribution in [3.8, 4) is 0 Å². The van der Waals surface area contributed by atoms with E-state index in [1.807, 2.05) is 23.9 Å². The Kier molecular flexibility index (Phi) is 7.77. The van der Waals surface area contributed by atoms with Gasteiger partial charge in [0.25, 0.3) is 5.91 Å². The van der Waals surface area contributed by atoms with Gasteiger partial charge in [0.15, 0.2) is 0 Å². The predicted octanol–water partition coefficient (Wildman–Crippen LogP) is 4.18. The van der Waals surface area contributed by atoms with Crippen molar-refractivity contribution >= 4 is 46.6 Å². The number of thioether (sulfide) groups is 1. The smallest absolute Gasteiger partial charge is 0.251 e. The minimum Gasteiger partial charge on any atom is -0.369 e. The summed E-state index contributed by atoms with van der Waals surface area (Å²) in [4.78, 5) is 26.3. The molecule has 0 aliphatic carbocycles. The lowest BCUT2D eigenvalue weighted by Crippen LogP contribution is -2.32. The number of rotatable bonds is 7. The molecule has 8 heteroatoms. The van der Waals surface area contributed by atoms with Crippen LogP contribution in [0.4, 0.5) is 15.8 Å². The third kappa shape index (κ3) is 6.37. The normalized spacial score (nSPS) is 13.8. The van der Waals surface area contributed by atoms with E-state index in [0.717, 1.165) is 30.3 Å². The van der Waals surface area contributed by atoms with Crippen LogP contribution in [0, 0.1) is 5.82 Å². The summed E-state index contributed by atoms with van der Waals surface area (Å²) in [7, 11) is 0. The van der Waals surface area contributed by atoms with Gasteiger partial charge in [-0.1, -0.05) is 11.6 Å². The molecule has 154 valence electrons. The number of nitrogens with zero attached hydrogens (tertiary/aromatic N) is 1. The molecule has 0 bridgehead atoms. The van der Waals surface area contributed by atoms with Crippen LogP contribution in [0.25, 0.3) is 0 Å². The fourth-order valence-electron chi connectivity index (χ4n) is 3.02. The average Bonchev–Trinajstić information content (AvgIpc) is 2.72. The van der Waals surface area contributed by atoms with Crippen LogP contribution in [0.1, 0.15) is 23.2 Å². The first kappa shape index (κ1) is 21.5. The van der Waals surface area contributed by atoms with Gasteiger partial charge in [-0.3, -0.25) is 9.59 Å². The molecular weight excluding hydrogens is 413 g/mol. The SMILES string of the molecule is O=C(CCCNC(=O)c1ccc(F)cc1)Nc1ccc(N2CCSCC2)c(Cl)c1. The molecule has 2 aromatic rings. The minimum absolute atomic E-state index is 0.140. The fraction of sp³-hybridized carbons (Fsp3) is 0.333. The van der Waals surface area contributed by atoms with Crippen molar-refractivity contribution in [3.05, 3.63) is 58.9 Å². The zero-order valence-corrected chi connectivity index (χ0v) is 17.5. The molecule has 3 rings (SSSR count). The molecule has 0 aromatic heterocycles. The van der Waals surface area contributed by atoms with Gasteiger partial charge < -0.3 is 15.5 Å². The summed E-state index contributed by atoms with van der Waals surface area (Å²) in [6.45, 7) is 2.30. The third-order valence-corrected chi connectivity index (χ3v) is 5.80. The van der Waals surface area contributed by atoms with Crippen molar-refractivity contribution in [2.45, 2.75) is 12.8 Å². The van der Waals surface area contributed by atoms with Gasteiger partial charge in [-0.2, -0.15) is 11.8 Å². The van der Waals surface area contributed by atoms with E-state index in [1.54, 1.807) is 6.07 Å². The van der Waals surface area contributed by atoms with E-state index in [9.17, 15) is 14.0 Å². The molecule has 5 nitrogen and oxygen atoms in total. The number of hydrogen-bond donors (Lipinski definition) is 2. The Balaban J connectivity index is 1.41. The van der Waals surface area contributed by atoms with Crippen LogP contribution >= 0.6 is 23.4 Å². The second kappa shape index (κ2) is 10.5. The Morgan fingerprint density at radius 2 is 1.83 bits per heavy atom. The first-order valence-corrected chi connectivity index (χ1v) is 11.0. The van der Waals surface area contributed by atoms with Crippen LogP contribution < -0.4 is 15.5 Å². The fourth-order valence-corrected chi connectivity index (χ4v) is 4.23. The van der Waals surface area contributed by atoms with Gasteiger partial charge in [0.1, 0.15) is 5.82 Å². The Labute approximate surface area is 179 Å². The molecule has 1 fully saturated rings. The van der Waals surface area contributed by atoms with Crippen molar-refractivity contribution in [2.24, 2.45) is 0 Å². The maximum Gasteiger partial charge on any atom is 0.251 e. The number of nitrogens with one attached hydrogen (secondary N) is 2. The zero-order chi connectivity index (χ0) is 20.6. The van der Waals surface area contributed by atoms with Crippen LogP contribution in [0.2, 0.25) is 5.02 Å². The van der Waals surface area contributed by atoms with Gasteiger partial charge in [0, 0.05) is 48.8 Å². The highest BCUT2D eigenvalue weighted by Gasteiger charge is 2.15. The van der Waals surface area contributed by atoms with Crippen LogP contribution in [0.3, 0.4) is 0 Å². The molecular formula is C21H23ClFN3O2S. The molecule has 0 unspecified atom stereocenters. The van der Waals surface area contributed by atoms with E-state index in [4.69, 9.17) is 11.6 Å². The van der Waals surface area contributed by atoms with Crippen LogP contribution in [-0.2, 0) is 4.79 Å². The van der Waals surface area contributed by atoms with Crippen molar-refractivity contribution in [3.63, 3.8) is 0 Å². The first-order chi connectivity index (χ1) is 14.0. The number of anilines is 2. The lowest BCUT2D eigenvalue weighted by molar-refractivity contribution is -0.116. The number of amides is 2. The summed E-state index contributed by atoms with van der Waals surface area (Å²) in [5, 5.41) is 6.19. The molecule has 0 atom stereocenters. The number of carbonyl (C=O) groups excluding carboxylic acids is 2. The summed E-state index contributed by atoms with van der Waals surface area (Å²) >= 11 is 8.34. The van der Waals surface area contributed by atoms with Gasteiger partial charge in [0.2, 0.25) is 5.91 Å². The standard InChI is InChI=1S/C21H23ClFN3O2S/c22-18-14-17(7-8-19(18)26-10-12-29-13-11-26)25-20(27)2-1-9-24-21(28)15-3-5-16(23)6-4-15/h3-8,14H,1-2,9-13H2,(H,24,28)(H,25,27). The summed E-state index contributed by atoms with van der Waals surface area (Å²) in [6, 6.07) is 10.9. The number of halogens is 2. The van der Waals surface area contributed by atoms with Crippen molar-refractivity contribution in [2.75, 3.05) is 41.4 Å². The lowest BCUT2D eigenvalue weighted by atomic mass is 10.2. The van der Waals surface area contributed by atoms with E-state index in [0.29, 0.717) is 29.2 Å². The Bertz CT molecular complexity index is 858. The number of carbonyl (C=O) groups is 2. The number of hydrogen-bond acceptors (Lipinski definition) is 4. The zero-order valence-electron chi connectivity index (χ0n) is 15.9. The second-order valence-corrected chi connectivity index (χ2v) is 8.31. The highest BCUT2D eigenvalue weighted by atomic mass is 35.5. The summed E-state index contributed by atoms with van der Waals surface area (Å²) in [5.74, 6) is 1.36. The maximum absolute atomic E-state index is 12.9. The predicted molar refractivity (Wildman–Crippen MR) is 118 cm³/mol. The third-order valence-electron chi connectivity index (χ3n) is 4.56. The molecule has 0 spiro atoms. The Morgan fingerprint density at radius 1 is 1.10 bits per heavy atom. The van der Waals surface area contributed by atoms with Crippen molar-refractivity contribution in [1.82, 2.24) is 5.32 Å². The average molecular weight is 436 g/mol. The van der Waals surface area contributed by atoms with Gasteiger partial charge in [-0.25, -0.2) is 4.39 Å². The van der Waals surface area contributed by atoms with Crippen molar-refractivity contribution < 1.29 is 14.0 Å². The Morgan fingerprint density at radius 3 is 2.52 bits per heavy atom. The number of benzene rings is 2. The maximum atomic E-state index is 12.9. The van der Waals surface area contributed by atoms with E-state index in [-0.39, 0.29) is 24.1 Å². The molecule has 2 aromatic carbocycles. The summed E-state index contributed by atoms with van der Waals surface area (Å²) in [6.07, 6.45) is 0.766. The molecule has 0 saturated carbocycles. The topological polar surface area (TPSA) is 61.4 Å². The molecule has 1 aliphatic heterocycles. The van der Waals surface area contributed by atoms with Gasteiger partial charge >= 0.3 is 0 Å². The quantitative estimate of drug-likeness (QED) is 0.640. The van der Waals surface area contributed by atoms with Crippen molar-refractivity contribution in [1.29, 1.82) is 0 Å². The largest absolute Gasteiger partial charge is 0.369 e. The van der Waals surface area contributed by atoms with E-state index < -0.39 is 0 Å². The monoisotopic (exact) mass is 435 g/mol. The molecule has 2 amide bonds. The Hall–Kier alpha value is -2.25. The molecule has 29 heavy (non-hydrogen) atoms.